The Morgan fingerprint density at radius 1 is 1.33 bits per heavy atom. The van der Waals surface area contributed by atoms with Gasteiger partial charge in [0.25, 0.3) is 0 Å². The highest BCUT2D eigenvalue weighted by Crippen LogP contribution is 2.24. The summed E-state index contributed by atoms with van der Waals surface area (Å²) >= 11 is 0. The van der Waals surface area contributed by atoms with Gasteiger partial charge < -0.3 is 15.0 Å². The second-order valence-corrected chi connectivity index (χ2v) is 7.96. The lowest BCUT2D eigenvalue weighted by Gasteiger charge is -2.40. The SMILES string of the molecule is COC(=O)CCN1CC(NCC(C)(C)C)CC(C(C)C)C1. The second kappa shape index (κ2) is 8.14. The van der Waals surface area contributed by atoms with Crippen LogP contribution in [0.25, 0.3) is 0 Å². The fourth-order valence-corrected chi connectivity index (χ4v) is 2.85. The molecule has 1 fully saturated rings. The molecule has 21 heavy (non-hydrogen) atoms. The Morgan fingerprint density at radius 2 is 2.00 bits per heavy atom. The minimum absolute atomic E-state index is 0.110. The fourth-order valence-electron chi connectivity index (χ4n) is 2.85. The maximum atomic E-state index is 11.3. The van der Waals surface area contributed by atoms with Crippen LogP contribution in [0, 0.1) is 17.3 Å². The highest BCUT2D eigenvalue weighted by Gasteiger charge is 2.29. The van der Waals surface area contributed by atoms with Gasteiger partial charge >= 0.3 is 5.97 Å². The average Bonchev–Trinajstić information content (AvgIpc) is 2.41. The number of esters is 1. The van der Waals surface area contributed by atoms with Crippen LogP contribution in [0.15, 0.2) is 0 Å². The maximum Gasteiger partial charge on any atom is 0.306 e. The number of methoxy groups -OCH3 is 1. The molecule has 1 saturated heterocycles. The van der Waals surface area contributed by atoms with Crippen molar-refractivity contribution in [1.82, 2.24) is 10.2 Å². The zero-order valence-corrected chi connectivity index (χ0v) is 14.7. The minimum atomic E-state index is -0.110. The van der Waals surface area contributed by atoms with Crippen molar-refractivity contribution in [3.8, 4) is 0 Å². The molecule has 1 heterocycles. The molecule has 2 atom stereocenters. The lowest BCUT2D eigenvalue weighted by molar-refractivity contribution is -0.141. The van der Waals surface area contributed by atoms with Crippen LogP contribution < -0.4 is 5.32 Å². The topological polar surface area (TPSA) is 41.6 Å². The van der Waals surface area contributed by atoms with Crippen LogP contribution in [0.3, 0.4) is 0 Å². The molecule has 2 unspecified atom stereocenters. The van der Waals surface area contributed by atoms with Crippen LogP contribution in [0.2, 0.25) is 0 Å². The molecule has 1 rings (SSSR count). The first-order chi connectivity index (χ1) is 9.71. The summed E-state index contributed by atoms with van der Waals surface area (Å²) in [5, 5.41) is 3.72. The van der Waals surface area contributed by atoms with E-state index in [1.54, 1.807) is 0 Å². The van der Waals surface area contributed by atoms with Gasteiger partial charge in [-0.15, -0.1) is 0 Å². The van der Waals surface area contributed by atoms with Gasteiger partial charge in [-0.1, -0.05) is 34.6 Å². The normalized spacial score (nSPS) is 24.3. The van der Waals surface area contributed by atoms with Crippen LogP contribution in [0.1, 0.15) is 47.5 Å². The molecule has 1 aliphatic rings. The molecule has 0 aromatic rings. The summed E-state index contributed by atoms with van der Waals surface area (Å²) in [4.78, 5) is 13.8. The molecule has 0 aromatic heterocycles. The summed E-state index contributed by atoms with van der Waals surface area (Å²) in [6.45, 7) is 15.4. The lowest BCUT2D eigenvalue weighted by Crippen LogP contribution is -2.52. The Balaban J connectivity index is 2.53. The summed E-state index contributed by atoms with van der Waals surface area (Å²) in [7, 11) is 1.46. The number of piperidine rings is 1. The number of nitrogens with zero attached hydrogens (tertiary/aromatic N) is 1. The molecule has 0 amide bonds. The number of carbonyl (C=O) groups is 1. The van der Waals surface area contributed by atoms with E-state index in [-0.39, 0.29) is 5.97 Å². The van der Waals surface area contributed by atoms with Crippen molar-refractivity contribution in [3.05, 3.63) is 0 Å². The summed E-state index contributed by atoms with van der Waals surface area (Å²) in [5.41, 5.74) is 0.307. The molecule has 0 bridgehead atoms. The van der Waals surface area contributed by atoms with Gasteiger partial charge in [-0.25, -0.2) is 0 Å². The third-order valence-electron chi connectivity index (χ3n) is 4.28. The molecule has 4 nitrogen and oxygen atoms in total. The third-order valence-corrected chi connectivity index (χ3v) is 4.28. The monoisotopic (exact) mass is 298 g/mol. The molecule has 124 valence electrons. The van der Waals surface area contributed by atoms with Gasteiger partial charge in [0.05, 0.1) is 13.5 Å². The summed E-state index contributed by atoms with van der Waals surface area (Å²) in [6.07, 6.45) is 1.73. The first kappa shape index (κ1) is 18.4. The van der Waals surface area contributed by atoms with Crippen molar-refractivity contribution in [3.63, 3.8) is 0 Å². The van der Waals surface area contributed by atoms with Gasteiger partial charge in [-0.3, -0.25) is 4.79 Å². The Labute approximate surface area is 130 Å². The van der Waals surface area contributed by atoms with Crippen molar-refractivity contribution in [1.29, 1.82) is 0 Å². The van der Waals surface area contributed by atoms with Gasteiger partial charge in [0.1, 0.15) is 0 Å². The predicted octanol–water partition coefficient (Wildman–Crippen LogP) is 2.53. The summed E-state index contributed by atoms with van der Waals surface area (Å²) in [6, 6.07) is 0.531. The number of nitrogens with one attached hydrogen (secondary N) is 1. The van der Waals surface area contributed by atoms with Crippen LogP contribution in [0.4, 0.5) is 0 Å². The van der Waals surface area contributed by atoms with Crippen LogP contribution in [0.5, 0.6) is 0 Å². The molecule has 0 aliphatic carbocycles. The van der Waals surface area contributed by atoms with Crippen LogP contribution in [-0.4, -0.2) is 50.2 Å². The van der Waals surface area contributed by atoms with E-state index in [2.05, 4.69) is 44.8 Å². The molecule has 1 N–H and O–H groups in total. The molecule has 1 aliphatic heterocycles. The standard InChI is InChI=1S/C17H34N2O2/c1-13(2)14-9-15(18-12-17(3,4)5)11-19(10-14)8-7-16(20)21-6/h13-15,18H,7-12H2,1-6H3. The molecule has 0 saturated carbocycles. The first-order valence-corrected chi connectivity index (χ1v) is 8.24. The Bertz CT molecular complexity index is 323. The summed E-state index contributed by atoms with van der Waals surface area (Å²) < 4.78 is 4.75. The van der Waals surface area contributed by atoms with Gasteiger partial charge in [-0.05, 0) is 23.7 Å². The van der Waals surface area contributed by atoms with Crippen molar-refractivity contribution in [2.75, 3.05) is 33.3 Å². The molecular formula is C17H34N2O2. The fraction of sp³-hybridized carbons (Fsp3) is 0.941. The van der Waals surface area contributed by atoms with Crippen molar-refractivity contribution >= 4 is 5.97 Å². The highest BCUT2D eigenvalue weighted by molar-refractivity contribution is 5.69. The van der Waals surface area contributed by atoms with Gasteiger partial charge in [0.15, 0.2) is 0 Å². The second-order valence-electron chi connectivity index (χ2n) is 7.96. The number of hydrogen-bond acceptors (Lipinski definition) is 4. The van der Waals surface area contributed by atoms with E-state index in [1.807, 2.05) is 0 Å². The van der Waals surface area contributed by atoms with Gasteiger partial charge in [-0.2, -0.15) is 0 Å². The van der Waals surface area contributed by atoms with E-state index in [1.165, 1.54) is 13.5 Å². The van der Waals surface area contributed by atoms with Crippen molar-refractivity contribution < 1.29 is 9.53 Å². The van der Waals surface area contributed by atoms with Crippen molar-refractivity contribution in [2.45, 2.75) is 53.5 Å². The molecule has 0 radical (unpaired) electrons. The largest absolute Gasteiger partial charge is 0.469 e. The number of rotatable bonds is 6. The van der Waals surface area contributed by atoms with E-state index < -0.39 is 0 Å². The Hall–Kier alpha value is -0.610. The van der Waals surface area contributed by atoms with E-state index in [4.69, 9.17) is 4.74 Å². The first-order valence-electron chi connectivity index (χ1n) is 8.24. The summed E-state index contributed by atoms with van der Waals surface area (Å²) in [5.74, 6) is 1.28. The predicted molar refractivity (Wildman–Crippen MR) is 87.3 cm³/mol. The number of likely N-dealkylation sites (tertiary alicyclic amines) is 1. The average molecular weight is 298 g/mol. The van der Waals surface area contributed by atoms with Gasteiger partial charge in [0, 0.05) is 32.2 Å². The zero-order chi connectivity index (χ0) is 16.0. The lowest BCUT2D eigenvalue weighted by atomic mass is 9.85. The maximum absolute atomic E-state index is 11.3. The molecular weight excluding hydrogens is 264 g/mol. The number of carbonyl (C=O) groups excluding carboxylic acids is 1. The minimum Gasteiger partial charge on any atom is -0.469 e. The Morgan fingerprint density at radius 3 is 2.52 bits per heavy atom. The van der Waals surface area contributed by atoms with Gasteiger partial charge in [0.2, 0.25) is 0 Å². The van der Waals surface area contributed by atoms with Crippen LogP contribution in [-0.2, 0) is 9.53 Å². The zero-order valence-electron chi connectivity index (χ0n) is 14.7. The highest BCUT2D eigenvalue weighted by atomic mass is 16.5. The Kier molecular flexibility index (Phi) is 7.14. The third kappa shape index (κ3) is 7.28. The smallest absolute Gasteiger partial charge is 0.306 e. The molecule has 0 spiro atoms. The van der Waals surface area contributed by atoms with Crippen LogP contribution >= 0.6 is 0 Å². The van der Waals surface area contributed by atoms with E-state index in [0.717, 1.165) is 26.2 Å². The molecule has 0 aromatic carbocycles. The number of hydrogen-bond donors (Lipinski definition) is 1. The quantitative estimate of drug-likeness (QED) is 0.765. The molecule has 4 heteroatoms. The number of ether oxygens (including phenoxy) is 1. The van der Waals surface area contributed by atoms with Crippen molar-refractivity contribution in [2.24, 2.45) is 17.3 Å². The van der Waals surface area contributed by atoms with E-state index in [0.29, 0.717) is 29.7 Å². The van der Waals surface area contributed by atoms with E-state index >= 15 is 0 Å². The van der Waals surface area contributed by atoms with E-state index in [9.17, 15) is 4.79 Å².